The highest BCUT2D eigenvalue weighted by Crippen LogP contribution is 2.36. The van der Waals surface area contributed by atoms with E-state index in [2.05, 4.69) is 9.97 Å². The molecule has 76 valence electrons. The van der Waals surface area contributed by atoms with Crippen molar-refractivity contribution < 1.29 is 17.9 Å². The molecule has 1 aliphatic heterocycles. The number of halogens is 3. The molecule has 0 spiro atoms. The molecule has 0 saturated heterocycles. The van der Waals surface area contributed by atoms with E-state index in [1.807, 2.05) is 0 Å². The van der Waals surface area contributed by atoms with Crippen LogP contribution in [0.4, 0.5) is 19.1 Å². The van der Waals surface area contributed by atoms with E-state index in [9.17, 15) is 13.2 Å². The van der Waals surface area contributed by atoms with Crippen LogP contribution in [0.1, 0.15) is 11.3 Å². The minimum atomic E-state index is -4.51. The number of alkyl halides is 3. The number of fused-ring (bicyclic) bond motifs is 1. The van der Waals surface area contributed by atoms with Gasteiger partial charge in [0, 0.05) is 12.0 Å². The number of nitrogens with zero attached hydrogens (tertiary/aromatic N) is 2. The molecule has 2 rings (SSSR count). The summed E-state index contributed by atoms with van der Waals surface area (Å²) in [5.74, 6) is -0.470. The van der Waals surface area contributed by atoms with Crippen LogP contribution in [0.15, 0.2) is 0 Å². The number of hydrogen-bond donors (Lipinski definition) is 1. The summed E-state index contributed by atoms with van der Waals surface area (Å²) in [5, 5.41) is 0. The Morgan fingerprint density at radius 1 is 1.29 bits per heavy atom. The summed E-state index contributed by atoms with van der Waals surface area (Å²) in [6, 6.07) is 0. The lowest BCUT2D eigenvalue weighted by molar-refractivity contribution is -0.141. The molecule has 0 fully saturated rings. The number of ether oxygens (including phenoxy) is 1. The molecule has 0 radical (unpaired) electrons. The van der Waals surface area contributed by atoms with E-state index in [0.29, 0.717) is 0 Å². The predicted molar refractivity (Wildman–Crippen MR) is 40.6 cm³/mol. The molecule has 4 nitrogen and oxygen atoms in total. The van der Waals surface area contributed by atoms with Crippen LogP contribution in [-0.4, -0.2) is 16.6 Å². The molecule has 0 aliphatic carbocycles. The first-order valence-electron chi connectivity index (χ1n) is 3.85. The molecular formula is C7H6F3N3O. The van der Waals surface area contributed by atoms with E-state index in [-0.39, 0.29) is 24.5 Å². The van der Waals surface area contributed by atoms with Crippen molar-refractivity contribution in [1.82, 2.24) is 9.97 Å². The maximum absolute atomic E-state index is 12.4. The molecule has 2 N–H and O–H groups in total. The largest absolute Gasteiger partial charge is 0.477 e. The van der Waals surface area contributed by atoms with Gasteiger partial charge in [0.15, 0.2) is 5.69 Å². The van der Waals surface area contributed by atoms with Crippen molar-refractivity contribution in [3.8, 4) is 5.88 Å². The average molecular weight is 205 g/mol. The molecule has 1 aromatic rings. The highest BCUT2D eigenvalue weighted by atomic mass is 19.4. The molecule has 1 aliphatic rings. The van der Waals surface area contributed by atoms with E-state index < -0.39 is 17.8 Å². The van der Waals surface area contributed by atoms with Crippen molar-refractivity contribution >= 4 is 5.95 Å². The Bertz CT molecular complexity index is 377. The van der Waals surface area contributed by atoms with Crippen molar-refractivity contribution in [3.05, 3.63) is 11.3 Å². The van der Waals surface area contributed by atoms with Crippen molar-refractivity contribution in [2.75, 3.05) is 12.3 Å². The Kier molecular flexibility index (Phi) is 1.76. The van der Waals surface area contributed by atoms with Gasteiger partial charge < -0.3 is 10.5 Å². The molecule has 0 amide bonds. The SMILES string of the molecule is Nc1nc2c(c(C(F)(F)F)n1)CCO2. The van der Waals surface area contributed by atoms with E-state index in [1.54, 1.807) is 0 Å². The van der Waals surface area contributed by atoms with Crippen LogP contribution in [-0.2, 0) is 12.6 Å². The monoisotopic (exact) mass is 205 g/mol. The van der Waals surface area contributed by atoms with Crippen LogP contribution in [0.2, 0.25) is 0 Å². The van der Waals surface area contributed by atoms with Gasteiger partial charge in [-0.1, -0.05) is 0 Å². The van der Waals surface area contributed by atoms with Crippen LogP contribution in [0.5, 0.6) is 5.88 Å². The normalized spacial score (nSPS) is 15.1. The van der Waals surface area contributed by atoms with E-state index in [0.717, 1.165) is 0 Å². The van der Waals surface area contributed by atoms with E-state index in [1.165, 1.54) is 0 Å². The Morgan fingerprint density at radius 2 is 2.00 bits per heavy atom. The lowest BCUT2D eigenvalue weighted by Gasteiger charge is -2.09. The zero-order valence-corrected chi connectivity index (χ0v) is 6.93. The van der Waals surface area contributed by atoms with Gasteiger partial charge in [0.2, 0.25) is 11.8 Å². The molecule has 0 aromatic carbocycles. The fourth-order valence-corrected chi connectivity index (χ4v) is 1.31. The first-order valence-corrected chi connectivity index (χ1v) is 3.85. The third kappa shape index (κ3) is 1.34. The average Bonchev–Trinajstić information content (AvgIpc) is 2.47. The van der Waals surface area contributed by atoms with Gasteiger partial charge in [-0.2, -0.15) is 18.2 Å². The lowest BCUT2D eigenvalue weighted by Crippen LogP contribution is -2.13. The van der Waals surface area contributed by atoms with Gasteiger partial charge in [-0.25, -0.2) is 4.98 Å². The third-order valence-electron chi connectivity index (χ3n) is 1.85. The lowest BCUT2D eigenvalue weighted by atomic mass is 10.2. The van der Waals surface area contributed by atoms with Gasteiger partial charge >= 0.3 is 6.18 Å². The Labute approximate surface area is 76.9 Å². The van der Waals surface area contributed by atoms with Gasteiger partial charge in [0.25, 0.3) is 0 Å². The molecule has 0 saturated carbocycles. The van der Waals surface area contributed by atoms with E-state index >= 15 is 0 Å². The molecule has 0 bridgehead atoms. The molecule has 0 unspecified atom stereocenters. The Morgan fingerprint density at radius 3 is 2.64 bits per heavy atom. The zero-order valence-electron chi connectivity index (χ0n) is 6.93. The van der Waals surface area contributed by atoms with Crippen molar-refractivity contribution in [3.63, 3.8) is 0 Å². The van der Waals surface area contributed by atoms with Crippen LogP contribution in [0.3, 0.4) is 0 Å². The summed E-state index contributed by atoms with van der Waals surface area (Å²) in [7, 11) is 0. The van der Waals surface area contributed by atoms with Crippen LogP contribution in [0, 0.1) is 0 Å². The second-order valence-corrected chi connectivity index (χ2v) is 2.81. The number of nitrogens with two attached hydrogens (primary N) is 1. The molecular weight excluding hydrogens is 199 g/mol. The first kappa shape index (κ1) is 9.04. The summed E-state index contributed by atoms with van der Waals surface area (Å²) in [4.78, 5) is 6.75. The summed E-state index contributed by atoms with van der Waals surface area (Å²) in [5.41, 5.74) is 4.13. The van der Waals surface area contributed by atoms with Gasteiger partial charge in [-0.3, -0.25) is 0 Å². The second kappa shape index (κ2) is 2.73. The summed E-state index contributed by atoms with van der Waals surface area (Å²) >= 11 is 0. The van der Waals surface area contributed by atoms with Gasteiger partial charge in [0.05, 0.1) is 6.61 Å². The van der Waals surface area contributed by atoms with Crippen molar-refractivity contribution in [2.24, 2.45) is 0 Å². The number of nitrogen functional groups attached to an aromatic ring is 1. The van der Waals surface area contributed by atoms with Gasteiger partial charge in [0.1, 0.15) is 0 Å². The minimum absolute atomic E-state index is 0.00769. The minimum Gasteiger partial charge on any atom is -0.477 e. The van der Waals surface area contributed by atoms with Crippen LogP contribution < -0.4 is 10.5 Å². The second-order valence-electron chi connectivity index (χ2n) is 2.81. The number of hydrogen-bond acceptors (Lipinski definition) is 4. The fraction of sp³-hybridized carbons (Fsp3) is 0.429. The molecule has 1 aromatic heterocycles. The molecule has 2 heterocycles. The third-order valence-corrected chi connectivity index (χ3v) is 1.85. The van der Waals surface area contributed by atoms with Gasteiger partial charge in [-0.15, -0.1) is 0 Å². The maximum Gasteiger partial charge on any atom is 0.433 e. The van der Waals surface area contributed by atoms with Gasteiger partial charge in [-0.05, 0) is 0 Å². The van der Waals surface area contributed by atoms with Crippen molar-refractivity contribution in [1.29, 1.82) is 0 Å². The van der Waals surface area contributed by atoms with Crippen LogP contribution >= 0.6 is 0 Å². The summed E-state index contributed by atoms with van der Waals surface area (Å²) in [6.07, 6.45) is -4.33. The number of rotatable bonds is 0. The Balaban J connectivity index is 2.60. The fourth-order valence-electron chi connectivity index (χ4n) is 1.31. The highest BCUT2D eigenvalue weighted by Gasteiger charge is 2.39. The first-order chi connectivity index (χ1) is 6.48. The van der Waals surface area contributed by atoms with Crippen LogP contribution in [0.25, 0.3) is 0 Å². The smallest absolute Gasteiger partial charge is 0.433 e. The standard InChI is InChI=1S/C7H6F3N3O/c8-7(9,10)4-3-1-2-14-5(3)13-6(11)12-4/h1-2H2,(H2,11,12,13). The molecule has 7 heteroatoms. The molecule has 14 heavy (non-hydrogen) atoms. The topological polar surface area (TPSA) is 61.0 Å². The quantitative estimate of drug-likeness (QED) is 0.686. The summed E-state index contributed by atoms with van der Waals surface area (Å²) in [6.45, 7) is 0.191. The van der Waals surface area contributed by atoms with Crippen molar-refractivity contribution in [2.45, 2.75) is 12.6 Å². The predicted octanol–water partition coefficient (Wildman–Crippen LogP) is 1.01. The zero-order chi connectivity index (χ0) is 10.3. The molecule has 0 atom stereocenters. The Hall–Kier alpha value is -1.53. The highest BCUT2D eigenvalue weighted by molar-refractivity contribution is 5.39. The summed E-state index contributed by atoms with van der Waals surface area (Å²) < 4.78 is 42.1. The number of aromatic nitrogens is 2. The number of anilines is 1. The van der Waals surface area contributed by atoms with E-state index in [4.69, 9.17) is 10.5 Å². The maximum atomic E-state index is 12.4.